The van der Waals surface area contributed by atoms with E-state index in [-0.39, 0.29) is 5.91 Å². The zero-order valence-electron chi connectivity index (χ0n) is 13.5. The molecular formula is C17H24N4O. The van der Waals surface area contributed by atoms with Gasteiger partial charge in [-0.25, -0.2) is 0 Å². The first kappa shape index (κ1) is 14.9. The van der Waals surface area contributed by atoms with Crippen molar-refractivity contribution >= 4 is 17.6 Å². The van der Waals surface area contributed by atoms with Gasteiger partial charge in [0.05, 0.1) is 6.54 Å². The summed E-state index contributed by atoms with van der Waals surface area (Å²) in [5.41, 5.74) is 1.78. The molecule has 1 aromatic carbocycles. The Morgan fingerprint density at radius 2 is 1.91 bits per heavy atom. The van der Waals surface area contributed by atoms with Gasteiger partial charge in [0.2, 0.25) is 5.96 Å². The SMILES string of the molecule is CN(C)c1cccc(C(=O)N2CCN=C2N2CCCCC2)c1. The van der Waals surface area contributed by atoms with Crippen molar-refractivity contribution in [3.8, 4) is 0 Å². The maximum absolute atomic E-state index is 12.9. The van der Waals surface area contributed by atoms with Crippen molar-refractivity contribution in [1.82, 2.24) is 9.80 Å². The molecule has 0 spiro atoms. The predicted octanol–water partition coefficient (Wildman–Crippen LogP) is 2.05. The number of hydrogen-bond donors (Lipinski definition) is 0. The van der Waals surface area contributed by atoms with Crippen molar-refractivity contribution in [2.75, 3.05) is 45.2 Å². The number of anilines is 1. The fourth-order valence-electron chi connectivity index (χ4n) is 3.07. The number of nitrogens with zero attached hydrogens (tertiary/aromatic N) is 4. The Bertz CT molecular complexity index is 576. The third-order valence-electron chi connectivity index (χ3n) is 4.31. The molecule has 5 nitrogen and oxygen atoms in total. The summed E-state index contributed by atoms with van der Waals surface area (Å²) in [7, 11) is 3.97. The Kier molecular flexibility index (Phi) is 4.32. The van der Waals surface area contributed by atoms with Gasteiger partial charge in [-0.15, -0.1) is 0 Å². The Balaban J connectivity index is 1.79. The second-order valence-electron chi connectivity index (χ2n) is 6.13. The molecule has 0 atom stereocenters. The van der Waals surface area contributed by atoms with E-state index in [0.29, 0.717) is 13.1 Å². The van der Waals surface area contributed by atoms with Crippen LogP contribution in [0.1, 0.15) is 29.6 Å². The van der Waals surface area contributed by atoms with E-state index in [1.807, 2.05) is 48.2 Å². The van der Waals surface area contributed by atoms with E-state index in [2.05, 4.69) is 9.89 Å². The fourth-order valence-corrected chi connectivity index (χ4v) is 3.07. The first-order valence-corrected chi connectivity index (χ1v) is 8.05. The van der Waals surface area contributed by atoms with Crippen LogP contribution in [0.15, 0.2) is 29.3 Å². The molecule has 1 saturated heterocycles. The number of piperidine rings is 1. The summed E-state index contributed by atoms with van der Waals surface area (Å²) in [6.07, 6.45) is 3.66. The van der Waals surface area contributed by atoms with Gasteiger partial charge in [-0.05, 0) is 37.5 Å². The maximum Gasteiger partial charge on any atom is 0.260 e. The highest BCUT2D eigenvalue weighted by Gasteiger charge is 2.29. The van der Waals surface area contributed by atoms with E-state index in [1.54, 1.807) is 0 Å². The third kappa shape index (κ3) is 2.93. The summed E-state index contributed by atoms with van der Waals surface area (Å²) in [5.74, 6) is 0.936. The Morgan fingerprint density at radius 3 is 2.64 bits per heavy atom. The number of aliphatic imine (C=N–C) groups is 1. The molecule has 2 aliphatic heterocycles. The molecule has 0 N–H and O–H groups in total. The second-order valence-corrected chi connectivity index (χ2v) is 6.13. The van der Waals surface area contributed by atoms with Gasteiger partial charge in [0.15, 0.2) is 0 Å². The Hall–Kier alpha value is -2.04. The number of rotatable bonds is 2. The molecule has 0 saturated carbocycles. The molecule has 5 heteroatoms. The molecule has 0 bridgehead atoms. The highest BCUT2D eigenvalue weighted by Crippen LogP contribution is 2.19. The van der Waals surface area contributed by atoms with E-state index in [9.17, 15) is 4.79 Å². The second kappa shape index (κ2) is 6.38. The van der Waals surface area contributed by atoms with Crippen LogP contribution in [0.2, 0.25) is 0 Å². The monoisotopic (exact) mass is 300 g/mol. The lowest BCUT2D eigenvalue weighted by molar-refractivity contribution is 0.0841. The van der Waals surface area contributed by atoms with Gasteiger partial charge in [-0.3, -0.25) is 14.7 Å². The smallest absolute Gasteiger partial charge is 0.260 e. The molecule has 3 rings (SSSR count). The molecule has 2 aliphatic rings. The minimum Gasteiger partial charge on any atom is -0.378 e. The minimum absolute atomic E-state index is 0.0607. The molecule has 1 fully saturated rings. The van der Waals surface area contributed by atoms with E-state index < -0.39 is 0 Å². The molecular weight excluding hydrogens is 276 g/mol. The zero-order chi connectivity index (χ0) is 15.5. The number of guanidine groups is 1. The summed E-state index contributed by atoms with van der Waals surface area (Å²) in [6.45, 7) is 3.43. The van der Waals surface area contributed by atoms with Crippen LogP contribution < -0.4 is 4.90 Å². The van der Waals surface area contributed by atoms with Crippen LogP contribution in [0, 0.1) is 0 Å². The van der Waals surface area contributed by atoms with Crippen molar-refractivity contribution in [2.45, 2.75) is 19.3 Å². The van der Waals surface area contributed by atoms with Crippen LogP contribution in [-0.2, 0) is 0 Å². The largest absolute Gasteiger partial charge is 0.378 e. The van der Waals surface area contributed by atoms with Crippen LogP contribution in [0.3, 0.4) is 0 Å². The highest BCUT2D eigenvalue weighted by atomic mass is 16.2. The molecule has 22 heavy (non-hydrogen) atoms. The van der Waals surface area contributed by atoms with Gasteiger partial charge in [0.25, 0.3) is 5.91 Å². The average Bonchev–Trinajstić information content (AvgIpc) is 3.04. The van der Waals surface area contributed by atoms with E-state index >= 15 is 0 Å². The van der Waals surface area contributed by atoms with E-state index in [4.69, 9.17) is 0 Å². The third-order valence-corrected chi connectivity index (χ3v) is 4.31. The van der Waals surface area contributed by atoms with Crippen molar-refractivity contribution in [3.63, 3.8) is 0 Å². The average molecular weight is 300 g/mol. The van der Waals surface area contributed by atoms with Gasteiger partial charge in [-0.1, -0.05) is 6.07 Å². The molecule has 0 radical (unpaired) electrons. The fraction of sp³-hybridized carbons (Fsp3) is 0.529. The van der Waals surface area contributed by atoms with E-state index in [1.165, 1.54) is 19.3 Å². The lowest BCUT2D eigenvalue weighted by Crippen LogP contribution is -2.46. The number of hydrogen-bond acceptors (Lipinski definition) is 4. The van der Waals surface area contributed by atoms with Crippen molar-refractivity contribution < 1.29 is 4.79 Å². The summed E-state index contributed by atoms with van der Waals surface area (Å²) >= 11 is 0. The number of carbonyl (C=O) groups is 1. The molecule has 2 heterocycles. The lowest BCUT2D eigenvalue weighted by atomic mass is 10.1. The van der Waals surface area contributed by atoms with Crippen LogP contribution in [0.4, 0.5) is 5.69 Å². The first-order valence-electron chi connectivity index (χ1n) is 8.05. The van der Waals surface area contributed by atoms with Gasteiger partial charge >= 0.3 is 0 Å². The van der Waals surface area contributed by atoms with Gasteiger partial charge in [-0.2, -0.15) is 0 Å². The number of carbonyl (C=O) groups excluding carboxylic acids is 1. The summed E-state index contributed by atoms with van der Waals surface area (Å²) < 4.78 is 0. The molecule has 1 amide bonds. The molecule has 0 aromatic heterocycles. The number of benzene rings is 1. The predicted molar refractivity (Wildman–Crippen MR) is 89.5 cm³/mol. The summed E-state index contributed by atoms with van der Waals surface area (Å²) in [5, 5.41) is 0. The Morgan fingerprint density at radius 1 is 1.14 bits per heavy atom. The minimum atomic E-state index is 0.0607. The lowest BCUT2D eigenvalue weighted by Gasteiger charge is -2.32. The van der Waals surface area contributed by atoms with Crippen LogP contribution in [0.25, 0.3) is 0 Å². The summed E-state index contributed by atoms with van der Waals surface area (Å²) in [6, 6.07) is 7.80. The highest BCUT2D eigenvalue weighted by molar-refractivity contribution is 6.06. The van der Waals surface area contributed by atoms with Crippen molar-refractivity contribution in [1.29, 1.82) is 0 Å². The van der Waals surface area contributed by atoms with Gasteiger partial charge < -0.3 is 9.80 Å². The molecule has 1 aromatic rings. The standard InChI is InChI=1S/C17H24N4O/c1-19(2)15-8-6-7-14(13-15)16(22)21-12-9-18-17(21)20-10-4-3-5-11-20/h6-8,13H,3-5,9-12H2,1-2H3. The molecule has 0 unspecified atom stereocenters. The Labute approximate surface area is 132 Å². The van der Waals surface area contributed by atoms with Gasteiger partial charge in [0.1, 0.15) is 0 Å². The van der Waals surface area contributed by atoms with Crippen molar-refractivity contribution in [3.05, 3.63) is 29.8 Å². The molecule has 0 aliphatic carbocycles. The topological polar surface area (TPSA) is 39.2 Å². The normalized spacial score (nSPS) is 18.4. The number of amides is 1. The van der Waals surface area contributed by atoms with Crippen LogP contribution in [-0.4, -0.2) is 61.9 Å². The first-order chi connectivity index (χ1) is 10.7. The van der Waals surface area contributed by atoms with E-state index in [0.717, 1.165) is 30.3 Å². The zero-order valence-corrected chi connectivity index (χ0v) is 13.5. The summed E-state index contributed by atoms with van der Waals surface area (Å²) in [4.78, 5) is 23.6. The van der Waals surface area contributed by atoms with Crippen LogP contribution in [0.5, 0.6) is 0 Å². The molecule has 118 valence electrons. The number of likely N-dealkylation sites (tertiary alicyclic amines) is 1. The maximum atomic E-state index is 12.9. The van der Waals surface area contributed by atoms with Crippen LogP contribution >= 0.6 is 0 Å². The van der Waals surface area contributed by atoms with Gasteiger partial charge in [0, 0.05) is 45.0 Å². The van der Waals surface area contributed by atoms with Crippen molar-refractivity contribution in [2.24, 2.45) is 4.99 Å². The quantitative estimate of drug-likeness (QED) is 0.839.